The summed E-state index contributed by atoms with van der Waals surface area (Å²) >= 11 is 0. The van der Waals surface area contributed by atoms with Crippen LogP contribution in [0.2, 0.25) is 0 Å². The quantitative estimate of drug-likeness (QED) is 0.911. The molecule has 1 spiro atoms. The third-order valence-corrected chi connectivity index (χ3v) is 4.92. The number of urea groups is 1. The fourth-order valence-electron chi connectivity index (χ4n) is 3.62. The van der Waals surface area contributed by atoms with E-state index in [1.54, 1.807) is 4.90 Å². The lowest BCUT2D eigenvalue weighted by Gasteiger charge is -2.40. The van der Waals surface area contributed by atoms with Crippen molar-refractivity contribution in [2.75, 3.05) is 26.3 Å². The summed E-state index contributed by atoms with van der Waals surface area (Å²) in [5.74, 6) is 0.0919. The van der Waals surface area contributed by atoms with Crippen LogP contribution in [0.25, 0.3) is 0 Å². The maximum atomic E-state index is 12.9. The van der Waals surface area contributed by atoms with Gasteiger partial charge in [-0.25, -0.2) is 4.79 Å². The number of nitrogens with one attached hydrogen (secondary N) is 1. The number of amides is 3. The molecule has 2 fully saturated rings. The Morgan fingerprint density at radius 1 is 1.32 bits per heavy atom. The van der Waals surface area contributed by atoms with Crippen molar-refractivity contribution in [1.82, 2.24) is 15.1 Å². The number of rotatable bonds is 3. The molecule has 1 N–H and O–H groups in total. The third kappa shape index (κ3) is 3.95. The first-order valence-corrected chi connectivity index (χ1v) is 8.98. The highest BCUT2D eigenvalue weighted by Gasteiger charge is 2.47. The van der Waals surface area contributed by atoms with Crippen LogP contribution >= 0.6 is 0 Å². The molecular weight excluding hydrogens is 318 g/mol. The van der Waals surface area contributed by atoms with Gasteiger partial charge >= 0.3 is 6.03 Å². The van der Waals surface area contributed by atoms with Crippen molar-refractivity contribution < 1.29 is 14.3 Å². The van der Waals surface area contributed by atoms with Crippen molar-refractivity contribution in [2.45, 2.75) is 44.8 Å². The van der Waals surface area contributed by atoms with Crippen molar-refractivity contribution in [3.63, 3.8) is 0 Å². The van der Waals surface area contributed by atoms with Gasteiger partial charge in [-0.2, -0.15) is 0 Å². The summed E-state index contributed by atoms with van der Waals surface area (Å²) in [7, 11) is 0. The summed E-state index contributed by atoms with van der Waals surface area (Å²) in [6.07, 6.45) is 1.11. The lowest BCUT2D eigenvalue weighted by atomic mass is 9.94. The van der Waals surface area contributed by atoms with Crippen LogP contribution in [0.3, 0.4) is 0 Å². The van der Waals surface area contributed by atoms with E-state index >= 15 is 0 Å². The largest absolute Gasteiger partial charge is 0.379 e. The Kier molecular flexibility index (Phi) is 5.27. The summed E-state index contributed by atoms with van der Waals surface area (Å²) in [5, 5.41) is 2.94. The van der Waals surface area contributed by atoms with Gasteiger partial charge in [0, 0.05) is 38.7 Å². The van der Waals surface area contributed by atoms with E-state index in [-0.39, 0.29) is 18.0 Å². The number of benzene rings is 1. The Morgan fingerprint density at radius 2 is 2.08 bits per heavy atom. The fourth-order valence-corrected chi connectivity index (χ4v) is 3.62. The summed E-state index contributed by atoms with van der Waals surface area (Å²) in [5.41, 5.74) is 0.666. The molecule has 1 aromatic rings. The summed E-state index contributed by atoms with van der Waals surface area (Å²) in [6, 6.07) is 9.98. The maximum Gasteiger partial charge on any atom is 0.317 e. The minimum absolute atomic E-state index is 0.0719. The van der Waals surface area contributed by atoms with Crippen LogP contribution < -0.4 is 5.32 Å². The number of carbonyl (C=O) groups is 2. The number of nitrogens with zero attached hydrogens (tertiary/aromatic N) is 2. The fraction of sp³-hybridized carbons (Fsp3) is 0.579. The molecule has 25 heavy (non-hydrogen) atoms. The highest BCUT2D eigenvalue weighted by atomic mass is 16.5. The molecule has 0 radical (unpaired) electrons. The molecule has 136 valence electrons. The topological polar surface area (TPSA) is 61.9 Å². The van der Waals surface area contributed by atoms with E-state index in [0.717, 1.165) is 12.0 Å². The minimum atomic E-state index is -0.433. The molecule has 0 bridgehead atoms. The van der Waals surface area contributed by atoms with Crippen LogP contribution in [0, 0.1) is 0 Å². The van der Waals surface area contributed by atoms with E-state index in [9.17, 15) is 9.59 Å². The first-order chi connectivity index (χ1) is 12.0. The molecule has 2 aliphatic rings. The SMILES string of the molecule is CC(C)NC(=O)N1CCC(=O)N(Cc2ccccc2)C2(CCOC2)C1. The number of ether oxygens (including phenoxy) is 1. The molecule has 0 aromatic heterocycles. The molecule has 2 aliphatic heterocycles. The summed E-state index contributed by atoms with van der Waals surface area (Å²) in [4.78, 5) is 29.1. The van der Waals surface area contributed by atoms with Crippen molar-refractivity contribution in [3.05, 3.63) is 35.9 Å². The van der Waals surface area contributed by atoms with Crippen molar-refractivity contribution in [2.24, 2.45) is 0 Å². The van der Waals surface area contributed by atoms with Gasteiger partial charge < -0.3 is 19.9 Å². The molecule has 1 aromatic carbocycles. The van der Waals surface area contributed by atoms with Crippen LogP contribution in [0.4, 0.5) is 4.79 Å². The molecule has 3 amide bonds. The monoisotopic (exact) mass is 345 g/mol. The van der Waals surface area contributed by atoms with E-state index in [4.69, 9.17) is 4.74 Å². The highest BCUT2D eigenvalue weighted by molar-refractivity contribution is 5.80. The third-order valence-electron chi connectivity index (χ3n) is 4.92. The second kappa shape index (κ2) is 7.44. The van der Waals surface area contributed by atoms with Gasteiger partial charge in [0.2, 0.25) is 5.91 Å². The van der Waals surface area contributed by atoms with Crippen LogP contribution in [-0.4, -0.2) is 59.6 Å². The number of hydrogen-bond donors (Lipinski definition) is 1. The van der Waals surface area contributed by atoms with Gasteiger partial charge in [0.25, 0.3) is 0 Å². The van der Waals surface area contributed by atoms with Gasteiger partial charge in [0.05, 0.1) is 12.1 Å². The second-order valence-electron chi connectivity index (χ2n) is 7.27. The predicted octanol–water partition coefficient (Wildman–Crippen LogP) is 2.00. The van der Waals surface area contributed by atoms with Crippen LogP contribution in [0.1, 0.15) is 32.3 Å². The van der Waals surface area contributed by atoms with Crippen molar-refractivity contribution >= 4 is 11.9 Å². The lowest BCUT2D eigenvalue weighted by molar-refractivity contribution is -0.137. The molecule has 6 heteroatoms. The van der Waals surface area contributed by atoms with Crippen LogP contribution in [0.5, 0.6) is 0 Å². The summed E-state index contributed by atoms with van der Waals surface area (Å²) in [6.45, 7) is 6.51. The molecular formula is C19H27N3O3. The maximum absolute atomic E-state index is 12.9. The Labute approximate surface area is 149 Å². The standard InChI is InChI=1S/C19H27N3O3/c1-15(2)20-18(24)21-10-8-17(23)22(12-16-6-4-3-5-7-16)19(13-21)9-11-25-14-19/h3-7,15H,8-14H2,1-2H3,(H,20,24). The number of hydrogen-bond acceptors (Lipinski definition) is 3. The predicted molar refractivity (Wildman–Crippen MR) is 95.0 cm³/mol. The first-order valence-electron chi connectivity index (χ1n) is 8.98. The van der Waals surface area contributed by atoms with Gasteiger partial charge in [0.15, 0.2) is 0 Å². The van der Waals surface area contributed by atoms with Crippen LogP contribution in [-0.2, 0) is 16.1 Å². The normalized spacial score (nSPS) is 24.0. The smallest absolute Gasteiger partial charge is 0.317 e. The molecule has 1 atom stereocenters. The molecule has 1 unspecified atom stereocenters. The lowest BCUT2D eigenvalue weighted by Crippen LogP contribution is -2.57. The van der Waals surface area contributed by atoms with E-state index in [1.165, 1.54) is 0 Å². The van der Waals surface area contributed by atoms with Gasteiger partial charge in [-0.3, -0.25) is 4.79 Å². The molecule has 0 saturated carbocycles. The molecule has 0 aliphatic carbocycles. The van der Waals surface area contributed by atoms with Gasteiger partial charge in [0.1, 0.15) is 0 Å². The van der Waals surface area contributed by atoms with E-state index in [0.29, 0.717) is 39.3 Å². The second-order valence-corrected chi connectivity index (χ2v) is 7.27. The molecule has 2 heterocycles. The number of carbonyl (C=O) groups excluding carboxylic acids is 2. The first kappa shape index (κ1) is 17.7. The molecule has 2 saturated heterocycles. The Hall–Kier alpha value is -2.08. The van der Waals surface area contributed by atoms with Crippen molar-refractivity contribution in [3.8, 4) is 0 Å². The van der Waals surface area contributed by atoms with E-state index in [1.807, 2.05) is 49.1 Å². The Bertz CT molecular complexity index is 612. The highest BCUT2D eigenvalue weighted by Crippen LogP contribution is 2.32. The average Bonchev–Trinajstić information content (AvgIpc) is 3.00. The van der Waals surface area contributed by atoms with Gasteiger partial charge in [-0.15, -0.1) is 0 Å². The van der Waals surface area contributed by atoms with Gasteiger partial charge in [-0.05, 0) is 25.8 Å². The zero-order valence-electron chi connectivity index (χ0n) is 15.0. The van der Waals surface area contributed by atoms with Crippen molar-refractivity contribution in [1.29, 1.82) is 0 Å². The van der Waals surface area contributed by atoms with Gasteiger partial charge in [-0.1, -0.05) is 30.3 Å². The van der Waals surface area contributed by atoms with Crippen LogP contribution in [0.15, 0.2) is 30.3 Å². The zero-order chi connectivity index (χ0) is 17.9. The zero-order valence-corrected chi connectivity index (χ0v) is 15.0. The summed E-state index contributed by atoms with van der Waals surface area (Å²) < 4.78 is 5.67. The molecule has 6 nitrogen and oxygen atoms in total. The van der Waals surface area contributed by atoms with E-state index in [2.05, 4.69) is 5.32 Å². The minimum Gasteiger partial charge on any atom is -0.379 e. The average molecular weight is 345 g/mol. The van der Waals surface area contributed by atoms with E-state index < -0.39 is 5.54 Å². The Balaban J connectivity index is 1.84. The Morgan fingerprint density at radius 3 is 2.72 bits per heavy atom. The molecule has 3 rings (SSSR count).